The first-order valence-electron chi connectivity index (χ1n) is 4.67. The van der Waals surface area contributed by atoms with E-state index in [-0.39, 0.29) is 5.97 Å². The molecule has 0 radical (unpaired) electrons. The summed E-state index contributed by atoms with van der Waals surface area (Å²) in [7, 11) is 1.87. The van der Waals surface area contributed by atoms with Gasteiger partial charge in [0.25, 0.3) is 0 Å². The van der Waals surface area contributed by atoms with Gasteiger partial charge in [-0.25, -0.2) is 4.79 Å². The van der Waals surface area contributed by atoms with Crippen LogP contribution in [0.2, 0.25) is 0 Å². The highest BCUT2D eigenvalue weighted by atomic mass is 32.2. The maximum absolute atomic E-state index is 10.9. The fourth-order valence-electron chi connectivity index (χ4n) is 0.952. The second-order valence-electron chi connectivity index (χ2n) is 2.82. The average molecular weight is 226 g/mol. The van der Waals surface area contributed by atoms with E-state index in [9.17, 15) is 4.79 Å². The quantitative estimate of drug-likeness (QED) is 0.435. The molecule has 0 aliphatic carbocycles. The first kappa shape index (κ1) is 11.8. The van der Waals surface area contributed by atoms with Crippen molar-refractivity contribution < 1.29 is 9.53 Å². The molecular formula is C10H14N2O2S. The molecule has 0 aromatic carbocycles. The molecule has 0 saturated heterocycles. The monoisotopic (exact) mass is 226 g/mol. The Bertz CT molecular complexity index is 347. The van der Waals surface area contributed by atoms with Crippen molar-refractivity contribution in [2.45, 2.75) is 11.8 Å². The number of hydrogen-bond donors (Lipinski definition) is 0. The highest BCUT2D eigenvalue weighted by molar-refractivity contribution is 7.99. The summed E-state index contributed by atoms with van der Waals surface area (Å²) < 4.78 is 6.49. The number of carbonyl (C=O) groups excluding carboxylic acids is 1. The van der Waals surface area contributed by atoms with Crippen molar-refractivity contribution in [3.63, 3.8) is 0 Å². The normalized spacial score (nSPS) is 10.8. The van der Waals surface area contributed by atoms with Crippen molar-refractivity contribution in [2.75, 3.05) is 12.4 Å². The van der Waals surface area contributed by atoms with E-state index < -0.39 is 0 Å². The third-order valence-electron chi connectivity index (χ3n) is 1.57. The maximum Gasteiger partial charge on any atom is 0.330 e. The Morgan fingerprint density at radius 3 is 3.13 bits per heavy atom. The zero-order valence-electron chi connectivity index (χ0n) is 8.84. The number of carbonyl (C=O) groups is 1. The van der Waals surface area contributed by atoms with Gasteiger partial charge in [-0.2, -0.15) is 5.10 Å². The van der Waals surface area contributed by atoms with Crippen LogP contribution >= 0.6 is 11.8 Å². The highest BCUT2D eigenvalue weighted by Crippen LogP contribution is 2.15. The van der Waals surface area contributed by atoms with Gasteiger partial charge < -0.3 is 4.74 Å². The van der Waals surface area contributed by atoms with Crippen LogP contribution < -0.4 is 0 Å². The predicted octanol–water partition coefficient (Wildman–Crippen LogP) is 1.63. The summed E-state index contributed by atoms with van der Waals surface area (Å²) in [5.41, 5.74) is 0. The van der Waals surface area contributed by atoms with Gasteiger partial charge in [0.2, 0.25) is 0 Å². The predicted molar refractivity (Wildman–Crippen MR) is 59.7 cm³/mol. The molecule has 0 amide bonds. The molecule has 0 bridgehead atoms. The molecule has 0 saturated carbocycles. The number of ether oxygens (including phenoxy) is 1. The summed E-state index contributed by atoms with van der Waals surface area (Å²) in [5, 5.41) is 4.04. The van der Waals surface area contributed by atoms with E-state index in [0.29, 0.717) is 6.61 Å². The minimum Gasteiger partial charge on any atom is -0.463 e. The van der Waals surface area contributed by atoms with Crippen LogP contribution in [0.3, 0.4) is 0 Å². The van der Waals surface area contributed by atoms with Gasteiger partial charge in [-0.15, -0.1) is 11.8 Å². The van der Waals surface area contributed by atoms with E-state index in [2.05, 4.69) is 5.10 Å². The molecule has 0 fully saturated rings. The minimum absolute atomic E-state index is 0.288. The second-order valence-corrected chi connectivity index (χ2v) is 3.91. The highest BCUT2D eigenvalue weighted by Gasteiger charge is 1.95. The maximum atomic E-state index is 10.9. The molecule has 1 rings (SSSR count). The van der Waals surface area contributed by atoms with Gasteiger partial charge in [-0.05, 0) is 6.92 Å². The Labute approximate surface area is 93.3 Å². The summed E-state index contributed by atoms with van der Waals surface area (Å²) in [5.74, 6) is 0.453. The van der Waals surface area contributed by atoms with Gasteiger partial charge >= 0.3 is 5.97 Å². The third-order valence-corrected chi connectivity index (χ3v) is 2.47. The number of aromatic nitrogens is 2. The van der Waals surface area contributed by atoms with Crippen LogP contribution in [0, 0.1) is 0 Å². The zero-order valence-corrected chi connectivity index (χ0v) is 9.66. The van der Waals surface area contributed by atoms with Crippen LogP contribution in [0.25, 0.3) is 0 Å². The number of thioether (sulfide) groups is 1. The topological polar surface area (TPSA) is 44.1 Å². The zero-order chi connectivity index (χ0) is 11.1. The average Bonchev–Trinajstić information content (AvgIpc) is 2.60. The Hall–Kier alpha value is -1.23. The van der Waals surface area contributed by atoms with Crippen LogP contribution in [0.5, 0.6) is 0 Å². The van der Waals surface area contributed by atoms with E-state index >= 15 is 0 Å². The number of esters is 1. The van der Waals surface area contributed by atoms with Crippen molar-refractivity contribution in [3.05, 3.63) is 24.5 Å². The van der Waals surface area contributed by atoms with Gasteiger partial charge in [-0.3, -0.25) is 4.68 Å². The molecule has 15 heavy (non-hydrogen) atoms. The minimum atomic E-state index is -0.288. The summed E-state index contributed by atoms with van der Waals surface area (Å²) >= 11 is 1.62. The molecule has 0 aliphatic rings. The van der Waals surface area contributed by atoms with Crippen molar-refractivity contribution in [1.29, 1.82) is 0 Å². The van der Waals surface area contributed by atoms with Crippen LogP contribution in [-0.4, -0.2) is 28.1 Å². The van der Waals surface area contributed by atoms with E-state index in [4.69, 9.17) is 4.74 Å². The van der Waals surface area contributed by atoms with Crippen LogP contribution in [0.15, 0.2) is 29.4 Å². The van der Waals surface area contributed by atoms with Crippen molar-refractivity contribution in [2.24, 2.45) is 7.05 Å². The van der Waals surface area contributed by atoms with E-state index in [1.807, 2.05) is 13.2 Å². The number of aryl methyl sites for hydroxylation is 1. The molecule has 0 atom stereocenters. The van der Waals surface area contributed by atoms with Crippen molar-refractivity contribution >= 4 is 17.7 Å². The fraction of sp³-hybridized carbons (Fsp3) is 0.400. The molecular weight excluding hydrogens is 212 g/mol. The Balaban J connectivity index is 2.24. The van der Waals surface area contributed by atoms with Crippen LogP contribution in [0.1, 0.15) is 6.92 Å². The molecule has 1 aromatic rings. The lowest BCUT2D eigenvalue weighted by Gasteiger charge is -1.94. The number of hydrogen-bond acceptors (Lipinski definition) is 4. The fourth-order valence-corrected chi connectivity index (χ4v) is 1.69. The molecule has 1 heterocycles. The lowest BCUT2D eigenvalue weighted by Crippen LogP contribution is -1.98. The SMILES string of the molecule is CCOC(=O)/C=C/CSc1cnn(C)c1. The lowest BCUT2D eigenvalue weighted by atomic mass is 10.5. The molecule has 1 aromatic heterocycles. The Morgan fingerprint density at radius 2 is 2.53 bits per heavy atom. The van der Waals surface area contributed by atoms with E-state index in [0.717, 1.165) is 10.6 Å². The second kappa shape index (κ2) is 6.29. The molecule has 5 heteroatoms. The van der Waals surface area contributed by atoms with Crippen molar-refractivity contribution in [3.8, 4) is 0 Å². The van der Waals surface area contributed by atoms with Crippen LogP contribution in [-0.2, 0) is 16.6 Å². The molecule has 0 N–H and O–H groups in total. The summed E-state index contributed by atoms with van der Waals surface area (Å²) in [4.78, 5) is 12.0. The molecule has 82 valence electrons. The smallest absolute Gasteiger partial charge is 0.330 e. The van der Waals surface area contributed by atoms with Crippen molar-refractivity contribution in [1.82, 2.24) is 9.78 Å². The molecule has 0 aliphatic heterocycles. The Kier molecular flexibility index (Phi) is 4.97. The van der Waals surface area contributed by atoms with Crippen LogP contribution in [0.4, 0.5) is 0 Å². The molecule has 4 nitrogen and oxygen atoms in total. The summed E-state index contributed by atoms with van der Waals surface area (Å²) in [6.45, 7) is 2.20. The van der Waals surface area contributed by atoms with E-state index in [1.54, 1.807) is 35.6 Å². The molecule has 0 spiro atoms. The first-order chi connectivity index (χ1) is 7.22. The van der Waals surface area contributed by atoms with Gasteiger partial charge in [-0.1, -0.05) is 6.08 Å². The van der Waals surface area contributed by atoms with Gasteiger partial charge in [0.05, 0.1) is 12.8 Å². The molecule has 0 unspecified atom stereocenters. The van der Waals surface area contributed by atoms with Gasteiger partial charge in [0.15, 0.2) is 0 Å². The third kappa shape index (κ3) is 4.69. The number of nitrogens with zero attached hydrogens (tertiary/aromatic N) is 2. The lowest BCUT2D eigenvalue weighted by molar-refractivity contribution is -0.137. The van der Waals surface area contributed by atoms with E-state index in [1.165, 1.54) is 6.08 Å². The Morgan fingerprint density at radius 1 is 1.73 bits per heavy atom. The first-order valence-corrected chi connectivity index (χ1v) is 5.65. The summed E-state index contributed by atoms with van der Waals surface area (Å²) in [6, 6.07) is 0. The largest absolute Gasteiger partial charge is 0.463 e. The van der Waals surface area contributed by atoms with Gasteiger partial charge in [0.1, 0.15) is 0 Å². The van der Waals surface area contributed by atoms with Gasteiger partial charge in [0, 0.05) is 30.0 Å². The summed E-state index contributed by atoms with van der Waals surface area (Å²) in [6.07, 6.45) is 6.97. The standard InChI is InChI=1S/C10H14N2O2S/c1-3-14-10(13)5-4-6-15-9-7-11-12(2)8-9/h4-5,7-8H,3,6H2,1-2H3/b5-4+. The number of rotatable bonds is 5.